The van der Waals surface area contributed by atoms with Gasteiger partial charge in [0.2, 0.25) is 5.91 Å². The summed E-state index contributed by atoms with van der Waals surface area (Å²) in [5.41, 5.74) is 1.38. The molecule has 2 aliphatic rings. The molecule has 0 aromatic heterocycles. The number of hydrogen-bond acceptors (Lipinski definition) is 2. The van der Waals surface area contributed by atoms with Crippen molar-refractivity contribution < 1.29 is 4.79 Å². The van der Waals surface area contributed by atoms with Gasteiger partial charge in [-0.25, -0.2) is 0 Å². The zero-order valence-corrected chi connectivity index (χ0v) is 17.3. The van der Waals surface area contributed by atoms with Gasteiger partial charge in [-0.15, -0.1) is 12.4 Å². The summed E-state index contributed by atoms with van der Waals surface area (Å²) in [6.07, 6.45) is 5.43. The quantitative estimate of drug-likeness (QED) is 0.579. The Kier molecular flexibility index (Phi) is 6.55. The van der Waals surface area contributed by atoms with Crippen molar-refractivity contribution >= 4 is 40.1 Å². The van der Waals surface area contributed by atoms with Gasteiger partial charge in [0.15, 0.2) is 0 Å². The highest BCUT2D eigenvalue weighted by Gasteiger charge is 2.39. The standard InChI is InChI=1S/C19H26BrN3O.ClH/c1-14-12-23(13-18(24)22(14)2)17(21)11-19(8-3-4-9-19)15-6-5-7-16(20)10-15;/h5-7,10,14,21H,3-4,8-9,11-13H2,1-2H3;1H/t14-;/m0./s1. The van der Waals surface area contributed by atoms with Gasteiger partial charge in [0, 0.05) is 35.9 Å². The normalized spacial score (nSPS) is 22.7. The predicted molar refractivity (Wildman–Crippen MR) is 108 cm³/mol. The van der Waals surface area contributed by atoms with Crippen LogP contribution in [-0.4, -0.2) is 47.7 Å². The Morgan fingerprint density at radius 1 is 1.36 bits per heavy atom. The van der Waals surface area contributed by atoms with E-state index < -0.39 is 0 Å². The highest BCUT2D eigenvalue weighted by molar-refractivity contribution is 9.10. The first kappa shape index (κ1) is 20.2. The molecule has 1 N–H and O–H groups in total. The number of hydrogen-bond donors (Lipinski definition) is 1. The van der Waals surface area contributed by atoms with E-state index in [4.69, 9.17) is 5.41 Å². The van der Waals surface area contributed by atoms with Crippen LogP contribution in [-0.2, 0) is 10.2 Å². The lowest BCUT2D eigenvalue weighted by atomic mass is 9.75. The van der Waals surface area contributed by atoms with E-state index in [1.165, 1.54) is 18.4 Å². The molecule has 1 saturated heterocycles. The molecule has 1 amide bonds. The Morgan fingerprint density at radius 3 is 2.64 bits per heavy atom. The molecule has 1 aromatic rings. The Bertz CT molecular complexity index is 645. The number of benzene rings is 1. The first-order valence-corrected chi connectivity index (χ1v) is 9.55. The van der Waals surface area contributed by atoms with E-state index >= 15 is 0 Å². The summed E-state index contributed by atoms with van der Waals surface area (Å²) in [7, 11) is 1.86. The predicted octanol–water partition coefficient (Wildman–Crippen LogP) is 4.21. The Balaban J connectivity index is 0.00000225. The van der Waals surface area contributed by atoms with Crippen LogP contribution in [0.5, 0.6) is 0 Å². The molecule has 1 heterocycles. The number of amidine groups is 1. The van der Waals surface area contributed by atoms with Gasteiger partial charge in [-0.2, -0.15) is 0 Å². The molecule has 4 nitrogen and oxygen atoms in total. The number of nitrogens with one attached hydrogen (secondary N) is 1. The van der Waals surface area contributed by atoms with E-state index in [1.54, 1.807) is 4.90 Å². The summed E-state index contributed by atoms with van der Waals surface area (Å²) in [5.74, 6) is 0.728. The molecule has 0 bridgehead atoms. The van der Waals surface area contributed by atoms with E-state index in [2.05, 4.69) is 47.1 Å². The molecule has 1 atom stereocenters. The van der Waals surface area contributed by atoms with E-state index in [0.29, 0.717) is 12.4 Å². The lowest BCUT2D eigenvalue weighted by Gasteiger charge is -2.40. The second-order valence-corrected chi connectivity index (χ2v) is 8.27. The van der Waals surface area contributed by atoms with Gasteiger partial charge in [0.05, 0.1) is 12.4 Å². The number of rotatable bonds is 3. The molecule has 1 aromatic carbocycles. The summed E-state index contributed by atoms with van der Waals surface area (Å²) < 4.78 is 1.10. The van der Waals surface area contributed by atoms with Crippen LogP contribution in [0.1, 0.15) is 44.6 Å². The zero-order chi connectivity index (χ0) is 17.3. The molecular weight excluding hydrogens is 402 g/mol. The van der Waals surface area contributed by atoms with Crippen LogP contribution in [0.25, 0.3) is 0 Å². The maximum atomic E-state index is 12.1. The van der Waals surface area contributed by atoms with Crippen LogP contribution < -0.4 is 0 Å². The summed E-state index contributed by atoms with van der Waals surface area (Å²) in [6, 6.07) is 8.71. The molecule has 2 fully saturated rings. The van der Waals surface area contributed by atoms with Gasteiger partial charge in [-0.1, -0.05) is 40.9 Å². The van der Waals surface area contributed by atoms with Gasteiger partial charge in [0.25, 0.3) is 0 Å². The number of halogens is 2. The van der Waals surface area contributed by atoms with Gasteiger partial charge in [-0.3, -0.25) is 10.2 Å². The van der Waals surface area contributed by atoms with Gasteiger partial charge >= 0.3 is 0 Å². The van der Waals surface area contributed by atoms with E-state index in [9.17, 15) is 4.79 Å². The van der Waals surface area contributed by atoms with E-state index in [-0.39, 0.29) is 29.8 Å². The monoisotopic (exact) mass is 427 g/mol. The average molecular weight is 429 g/mol. The van der Waals surface area contributed by atoms with Crippen LogP contribution in [0, 0.1) is 5.41 Å². The summed E-state index contributed by atoms with van der Waals surface area (Å²) in [4.78, 5) is 15.9. The third-order valence-corrected chi connectivity index (χ3v) is 6.24. The minimum absolute atomic E-state index is 0. The third kappa shape index (κ3) is 4.20. The highest BCUT2D eigenvalue weighted by Crippen LogP contribution is 2.44. The second kappa shape index (κ2) is 8.09. The number of carbonyl (C=O) groups excluding carboxylic acids is 1. The first-order chi connectivity index (χ1) is 11.4. The number of amides is 1. The smallest absolute Gasteiger partial charge is 0.242 e. The Labute approximate surface area is 165 Å². The van der Waals surface area contributed by atoms with Crippen molar-refractivity contribution in [3.05, 3.63) is 34.3 Å². The maximum absolute atomic E-state index is 12.1. The fourth-order valence-corrected chi connectivity index (χ4v) is 4.50. The Hall–Kier alpha value is -1.07. The molecule has 3 rings (SSSR count). The van der Waals surface area contributed by atoms with E-state index in [1.807, 2.05) is 11.9 Å². The average Bonchev–Trinajstić information content (AvgIpc) is 3.02. The largest absolute Gasteiger partial charge is 0.349 e. The summed E-state index contributed by atoms with van der Waals surface area (Å²) >= 11 is 3.58. The van der Waals surface area contributed by atoms with Gasteiger partial charge in [0.1, 0.15) is 0 Å². The molecule has 0 unspecified atom stereocenters. The fraction of sp³-hybridized carbons (Fsp3) is 0.579. The van der Waals surface area contributed by atoms with Crippen molar-refractivity contribution in [3.8, 4) is 0 Å². The van der Waals surface area contributed by atoms with Crippen molar-refractivity contribution in [1.82, 2.24) is 9.80 Å². The van der Waals surface area contributed by atoms with E-state index in [0.717, 1.165) is 30.3 Å². The van der Waals surface area contributed by atoms with Crippen molar-refractivity contribution in [1.29, 1.82) is 5.41 Å². The fourth-order valence-electron chi connectivity index (χ4n) is 4.10. The highest BCUT2D eigenvalue weighted by atomic mass is 79.9. The van der Waals surface area contributed by atoms with Gasteiger partial charge < -0.3 is 9.80 Å². The third-order valence-electron chi connectivity index (χ3n) is 5.75. The molecular formula is C19H27BrClN3O. The summed E-state index contributed by atoms with van der Waals surface area (Å²) in [5, 5.41) is 8.67. The van der Waals surface area contributed by atoms with Crippen LogP contribution >= 0.6 is 28.3 Å². The topological polar surface area (TPSA) is 47.4 Å². The molecule has 0 spiro atoms. The zero-order valence-electron chi connectivity index (χ0n) is 14.9. The lowest BCUT2D eigenvalue weighted by Crippen LogP contribution is -2.55. The minimum Gasteiger partial charge on any atom is -0.349 e. The second-order valence-electron chi connectivity index (χ2n) is 7.36. The molecule has 138 valence electrons. The SMILES string of the molecule is C[C@H]1CN(C(=N)CC2(c3cccc(Br)c3)CCCC2)CC(=O)N1C.Cl. The molecule has 0 radical (unpaired) electrons. The van der Waals surface area contributed by atoms with Crippen LogP contribution in [0.15, 0.2) is 28.7 Å². The molecule has 6 heteroatoms. The van der Waals surface area contributed by atoms with Crippen LogP contribution in [0.2, 0.25) is 0 Å². The summed E-state index contributed by atoms with van der Waals surface area (Å²) in [6.45, 7) is 3.15. The number of likely N-dealkylation sites (N-methyl/N-ethyl adjacent to an activating group) is 1. The molecule has 25 heavy (non-hydrogen) atoms. The molecule has 1 aliphatic heterocycles. The van der Waals surface area contributed by atoms with Crippen LogP contribution in [0.4, 0.5) is 0 Å². The minimum atomic E-state index is 0. The van der Waals surface area contributed by atoms with Crippen molar-refractivity contribution in [2.24, 2.45) is 0 Å². The number of piperazine rings is 1. The number of carbonyl (C=O) groups is 1. The maximum Gasteiger partial charge on any atom is 0.242 e. The van der Waals surface area contributed by atoms with Gasteiger partial charge in [-0.05, 0) is 37.5 Å². The van der Waals surface area contributed by atoms with Crippen molar-refractivity contribution in [2.45, 2.75) is 50.5 Å². The molecule has 1 saturated carbocycles. The van der Waals surface area contributed by atoms with Crippen molar-refractivity contribution in [3.63, 3.8) is 0 Å². The van der Waals surface area contributed by atoms with Crippen LogP contribution in [0.3, 0.4) is 0 Å². The lowest BCUT2D eigenvalue weighted by molar-refractivity contribution is -0.135. The number of nitrogens with zero attached hydrogens (tertiary/aromatic N) is 2. The Morgan fingerprint density at radius 2 is 2.04 bits per heavy atom. The first-order valence-electron chi connectivity index (χ1n) is 8.75. The molecule has 1 aliphatic carbocycles. The van der Waals surface area contributed by atoms with Crippen molar-refractivity contribution in [2.75, 3.05) is 20.1 Å².